The molecule has 0 spiro atoms. The molecule has 1 aromatic carbocycles. The van der Waals surface area contributed by atoms with Gasteiger partial charge in [-0.2, -0.15) is 0 Å². The highest BCUT2D eigenvalue weighted by molar-refractivity contribution is 9.09. The van der Waals surface area contributed by atoms with Crippen molar-refractivity contribution in [1.29, 1.82) is 0 Å². The number of piperazine rings is 1. The first kappa shape index (κ1) is 15.3. The first-order valence-electron chi connectivity index (χ1n) is 7.03. The lowest BCUT2D eigenvalue weighted by Crippen LogP contribution is -2.49. The summed E-state index contributed by atoms with van der Waals surface area (Å²) in [5.74, 6) is 1.02. The maximum Gasteiger partial charge on any atom is 0.226 e. The smallest absolute Gasteiger partial charge is 0.226 e. The largest absolute Gasteiger partial charge is 0.493 e. The van der Waals surface area contributed by atoms with Crippen molar-refractivity contribution in [2.24, 2.45) is 0 Å². The molecule has 0 aromatic heterocycles. The van der Waals surface area contributed by atoms with Crippen molar-refractivity contribution in [3.05, 3.63) is 30.3 Å². The lowest BCUT2D eigenvalue weighted by atomic mass is 10.3. The fourth-order valence-electron chi connectivity index (χ4n) is 2.27. The fourth-order valence-corrected chi connectivity index (χ4v) is 2.77. The van der Waals surface area contributed by atoms with Crippen LogP contribution in [0, 0.1) is 0 Å². The standard InChI is InChI=1S/C15H21BrN2O2/c16-7-8-17-9-11-18(12-10-17)15(19)6-13-20-14-4-2-1-3-5-14/h1-5H,6-13H2. The van der Waals surface area contributed by atoms with Gasteiger partial charge in [-0.25, -0.2) is 0 Å². The average molecular weight is 341 g/mol. The van der Waals surface area contributed by atoms with E-state index < -0.39 is 0 Å². The molecule has 0 saturated carbocycles. The zero-order valence-electron chi connectivity index (χ0n) is 11.6. The van der Waals surface area contributed by atoms with Gasteiger partial charge in [-0.3, -0.25) is 9.69 Å². The molecule has 0 atom stereocenters. The Morgan fingerprint density at radius 3 is 2.50 bits per heavy atom. The number of benzene rings is 1. The van der Waals surface area contributed by atoms with Gasteiger partial charge in [-0.15, -0.1) is 0 Å². The Morgan fingerprint density at radius 2 is 1.85 bits per heavy atom. The van der Waals surface area contributed by atoms with Crippen LogP contribution in [0.25, 0.3) is 0 Å². The molecule has 4 nitrogen and oxygen atoms in total. The molecule has 5 heteroatoms. The van der Waals surface area contributed by atoms with E-state index in [1.807, 2.05) is 35.2 Å². The average Bonchev–Trinajstić information content (AvgIpc) is 2.49. The number of carbonyl (C=O) groups is 1. The van der Waals surface area contributed by atoms with E-state index in [-0.39, 0.29) is 5.91 Å². The molecule has 2 rings (SSSR count). The van der Waals surface area contributed by atoms with E-state index in [9.17, 15) is 4.79 Å². The van der Waals surface area contributed by atoms with Crippen LogP contribution < -0.4 is 4.74 Å². The Bertz CT molecular complexity index is 406. The quantitative estimate of drug-likeness (QED) is 0.742. The van der Waals surface area contributed by atoms with Crippen LogP contribution in [0.15, 0.2) is 30.3 Å². The van der Waals surface area contributed by atoms with Gasteiger partial charge in [-0.05, 0) is 12.1 Å². The molecule has 20 heavy (non-hydrogen) atoms. The third kappa shape index (κ3) is 4.80. The molecule has 1 heterocycles. The van der Waals surface area contributed by atoms with Crippen LogP contribution in [0.1, 0.15) is 6.42 Å². The predicted octanol–water partition coefficient (Wildman–Crippen LogP) is 1.99. The number of amides is 1. The van der Waals surface area contributed by atoms with E-state index in [0.717, 1.165) is 43.8 Å². The Labute approximate surface area is 128 Å². The Balaban J connectivity index is 1.66. The van der Waals surface area contributed by atoms with Crippen LogP contribution >= 0.6 is 15.9 Å². The van der Waals surface area contributed by atoms with Gasteiger partial charge in [0.15, 0.2) is 0 Å². The number of carbonyl (C=O) groups excluding carboxylic acids is 1. The van der Waals surface area contributed by atoms with E-state index in [1.54, 1.807) is 0 Å². The van der Waals surface area contributed by atoms with Crippen LogP contribution in [-0.4, -0.2) is 60.4 Å². The molecule has 1 amide bonds. The summed E-state index contributed by atoms with van der Waals surface area (Å²) in [5, 5.41) is 0.992. The summed E-state index contributed by atoms with van der Waals surface area (Å²) < 4.78 is 5.56. The molecular weight excluding hydrogens is 320 g/mol. The van der Waals surface area contributed by atoms with Crippen molar-refractivity contribution >= 4 is 21.8 Å². The molecule has 0 aliphatic carbocycles. The summed E-state index contributed by atoms with van der Waals surface area (Å²) >= 11 is 3.45. The summed E-state index contributed by atoms with van der Waals surface area (Å²) in [7, 11) is 0. The first-order valence-corrected chi connectivity index (χ1v) is 8.15. The van der Waals surface area contributed by atoms with E-state index >= 15 is 0 Å². The fraction of sp³-hybridized carbons (Fsp3) is 0.533. The zero-order chi connectivity index (χ0) is 14.2. The number of ether oxygens (including phenoxy) is 1. The van der Waals surface area contributed by atoms with Gasteiger partial charge >= 0.3 is 0 Å². The van der Waals surface area contributed by atoms with Gasteiger partial charge < -0.3 is 9.64 Å². The van der Waals surface area contributed by atoms with Gasteiger partial charge in [0.05, 0.1) is 13.0 Å². The lowest BCUT2D eigenvalue weighted by Gasteiger charge is -2.34. The van der Waals surface area contributed by atoms with E-state index in [4.69, 9.17) is 4.74 Å². The zero-order valence-corrected chi connectivity index (χ0v) is 13.2. The van der Waals surface area contributed by atoms with Crippen molar-refractivity contribution in [3.8, 4) is 5.75 Å². The number of hydrogen-bond acceptors (Lipinski definition) is 3. The molecule has 0 unspecified atom stereocenters. The normalized spacial score (nSPS) is 16.1. The van der Waals surface area contributed by atoms with Gasteiger partial charge in [0.2, 0.25) is 5.91 Å². The monoisotopic (exact) mass is 340 g/mol. The summed E-state index contributed by atoms with van der Waals surface area (Å²) in [6.45, 7) is 5.10. The van der Waals surface area contributed by atoms with E-state index in [1.165, 1.54) is 0 Å². The number of rotatable bonds is 6. The molecule has 1 aliphatic heterocycles. The highest BCUT2D eigenvalue weighted by atomic mass is 79.9. The van der Waals surface area contributed by atoms with Crippen LogP contribution in [0.5, 0.6) is 5.75 Å². The van der Waals surface area contributed by atoms with Gasteiger partial charge in [-0.1, -0.05) is 34.1 Å². The lowest BCUT2D eigenvalue weighted by molar-refractivity contribution is -0.133. The third-order valence-corrected chi connectivity index (χ3v) is 3.81. The van der Waals surface area contributed by atoms with Crippen LogP contribution in [0.3, 0.4) is 0 Å². The van der Waals surface area contributed by atoms with Crippen molar-refractivity contribution in [1.82, 2.24) is 9.80 Å². The number of hydrogen-bond donors (Lipinski definition) is 0. The summed E-state index contributed by atoms with van der Waals surface area (Å²) in [6, 6.07) is 9.62. The predicted molar refractivity (Wildman–Crippen MR) is 83.4 cm³/mol. The summed E-state index contributed by atoms with van der Waals surface area (Å²) in [4.78, 5) is 16.4. The molecule has 1 fully saturated rings. The summed E-state index contributed by atoms with van der Waals surface area (Å²) in [6.07, 6.45) is 0.452. The Kier molecular flexibility index (Phi) is 6.33. The second-order valence-electron chi connectivity index (χ2n) is 4.82. The third-order valence-electron chi connectivity index (χ3n) is 3.45. The molecule has 0 radical (unpaired) electrons. The number of para-hydroxylation sites is 1. The van der Waals surface area contributed by atoms with Gasteiger partial charge in [0, 0.05) is 38.1 Å². The minimum absolute atomic E-state index is 0.194. The number of halogens is 1. The highest BCUT2D eigenvalue weighted by Crippen LogP contribution is 2.09. The minimum Gasteiger partial charge on any atom is -0.493 e. The molecule has 0 N–H and O–H groups in total. The second kappa shape index (κ2) is 8.27. The molecule has 1 saturated heterocycles. The molecule has 110 valence electrons. The second-order valence-corrected chi connectivity index (χ2v) is 5.62. The van der Waals surface area contributed by atoms with Crippen molar-refractivity contribution in [2.45, 2.75) is 6.42 Å². The van der Waals surface area contributed by atoms with Crippen molar-refractivity contribution in [2.75, 3.05) is 44.7 Å². The molecule has 1 aliphatic rings. The number of alkyl halides is 1. The van der Waals surface area contributed by atoms with Crippen LogP contribution in [0.2, 0.25) is 0 Å². The SMILES string of the molecule is O=C(CCOc1ccccc1)N1CCN(CCBr)CC1. The minimum atomic E-state index is 0.194. The Hall–Kier alpha value is -1.07. The number of nitrogens with zero attached hydrogens (tertiary/aromatic N) is 2. The van der Waals surface area contributed by atoms with Gasteiger partial charge in [0.1, 0.15) is 5.75 Å². The van der Waals surface area contributed by atoms with Gasteiger partial charge in [0.25, 0.3) is 0 Å². The highest BCUT2D eigenvalue weighted by Gasteiger charge is 2.20. The Morgan fingerprint density at radius 1 is 1.15 bits per heavy atom. The maximum atomic E-state index is 12.1. The molecular formula is C15H21BrN2O2. The molecule has 0 bridgehead atoms. The first-order chi connectivity index (χ1) is 9.79. The van der Waals surface area contributed by atoms with Crippen molar-refractivity contribution < 1.29 is 9.53 Å². The topological polar surface area (TPSA) is 32.8 Å². The summed E-state index contributed by atoms with van der Waals surface area (Å²) in [5.41, 5.74) is 0. The van der Waals surface area contributed by atoms with Crippen LogP contribution in [0.4, 0.5) is 0 Å². The van der Waals surface area contributed by atoms with Crippen molar-refractivity contribution in [3.63, 3.8) is 0 Å². The van der Waals surface area contributed by atoms with E-state index in [2.05, 4.69) is 20.8 Å². The van der Waals surface area contributed by atoms with Crippen LogP contribution in [-0.2, 0) is 4.79 Å². The molecule has 1 aromatic rings. The van der Waals surface area contributed by atoms with E-state index in [0.29, 0.717) is 13.0 Å². The maximum absolute atomic E-state index is 12.1.